The van der Waals surface area contributed by atoms with Crippen molar-refractivity contribution in [1.82, 2.24) is 15.3 Å². The number of ether oxygens (including phenoxy) is 2. The van der Waals surface area contributed by atoms with E-state index in [1.54, 1.807) is 23.9 Å². The smallest absolute Gasteiger partial charge is 0.265 e. The number of carbonyl (C=O) groups excluding carboxylic acids is 2. The van der Waals surface area contributed by atoms with Crippen molar-refractivity contribution < 1.29 is 19.1 Å². The molecule has 1 aliphatic rings. The molecule has 3 aromatic rings. The minimum atomic E-state index is -0.823. The van der Waals surface area contributed by atoms with Crippen molar-refractivity contribution >= 4 is 40.6 Å². The standard InChI is InChI=1S/C21H22N4O4S/c1-30-11-10-15(19(26)25-21-23-13-6-2-3-7-14(13)24-21)22-20(27)18-12-28-16-8-4-5-9-17(16)29-18/h2-9,15,18H,10-12H2,1H3,(H,22,27)(H2,23,24,25,26)/t15-,18+/m0/s1. The third-order valence-electron chi connectivity index (χ3n) is 4.68. The molecule has 0 unspecified atom stereocenters. The van der Waals surface area contributed by atoms with Crippen LogP contribution in [0, 0.1) is 0 Å². The van der Waals surface area contributed by atoms with Crippen LogP contribution in [0.4, 0.5) is 5.95 Å². The van der Waals surface area contributed by atoms with Crippen LogP contribution < -0.4 is 20.1 Å². The molecule has 0 bridgehead atoms. The average Bonchev–Trinajstić information content (AvgIpc) is 3.18. The van der Waals surface area contributed by atoms with Crippen LogP contribution in [0.25, 0.3) is 11.0 Å². The maximum Gasteiger partial charge on any atom is 0.265 e. The number of thioether (sulfide) groups is 1. The summed E-state index contributed by atoms with van der Waals surface area (Å²) in [5.74, 6) is 1.43. The minimum Gasteiger partial charge on any atom is -0.485 e. The maximum absolute atomic E-state index is 12.8. The molecule has 9 heteroatoms. The Hall–Kier alpha value is -3.20. The lowest BCUT2D eigenvalue weighted by molar-refractivity contribution is -0.133. The third-order valence-corrected chi connectivity index (χ3v) is 5.32. The van der Waals surface area contributed by atoms with Gasteiger partial charge in [-0.3, -0.25) is 14.9 Å². The number of H-pyrrole nitrogens is 1. The molecule has 3 N–H and O–H groups in total. The van der Waals surface area contributed by atoms with E-state index >= 15 is 0 Å². The molecule has 8 nitrogen and oxygen atoms in total. The summed E-state index contributed by atoms with van der Waals surface area (Å²) < 4.78 is 11.3. The van der Waals surface area contributed by atoms with Gasteiger partial charge in [0.15, 0.2) is 11.5 Å². The average molecular weight is 426 g/mol. The Morgan fingerprint density at radius 2 is 1.97 bits per heavy atom. The predicted octanol–water partition coefficient (Wildman–Crippen LogP) is 2.58. The molecule has 1 aliphatic heterocycles. The lowest BCUT2D eigenvalue weighted by Gasteiger charge is -2.27. The summed E-state index contributed by atoms with van der Waals surface area (Å²) in [6.45, 7) is 0.0866. The van der Waals surface area contributed by atoms with Gasteiger partial charge >= 0.3 is 0 Å². The van der Waals surface area contributed by atoms with E-state index in [1.807, 2.05) is 42.7 Å². The van der Waals surface area contributed by atoms with E-state index in [2.05, 4.69) is 20.6 Å². The number of benzene rings is 2. The molecule has 0 aliphatic carbocycles. The molecule has 1 aromatic heterocycles. The van der Waals surface area contributed by atoms with Crippen LogP contribution in [0.15, 0.2) is 48.5 Å². The number of para-hydroxylation sites is 4. The highest BCUT2D eigenvalue weighted by Crippen LogP contribution is 2.30. The molecular formula is C21H22N4O4S. The first kappa shape index (κ1) is 20.1. The summed E-state index contributed by atoms with van der Waals surface area (Å²) in [7, 11) is 0. The number of carbonyl (C=O) groups is 2. The minimum absolute atomic E-state index is 0.0866. The molecule has 2 heterocycles. The second-order valence-corrected chi connectivity index (χ2v) is 7.78. The normalized spacial score (nSPS) is 16.1. The zero-order valence-electron chi connectivity index (χ0n) is 16.4. The maximum atomic E-state index is 12.8. The quantitative estimate of drug-likeness (QED) is 0.536. The molecule has 0 saturated heterocycles. The number of rotatable bonds is 7. The van der Waals surface area contributed by atoms with Gasteiger partial charge in [0, 0.05) is 0 Å². The van der Waals surface area contributed by atoms with Gasteiger partial charge in [0.2, 0.25) is 18.0 Å². The topological polar surface area (TPSA) is 105 Å². The Bertz CT molecular complexity index is 1020. The first-order chi connectivity index (χ1) is 14.6. The number of amides is 2. The van der Waals surface area contributed by atoms with Crippen molar-refractivity contribution in [2.45, 2.75) is 18.6 Å². The second kappa shape index (κ2) is 9.08. The van der Waals surface area contributed by atoms with E-state index in [9.17, 15) is 9.59 Å². The van der Waals surface area contributed by atoms with Gasteiger partial charge in [0.05, 0.1) is 11.0 Å². The van der Waals surface area contributed by atoms with E-state index in [0.29, 0.717) is 29.6 Å². The van der Waals surface area contributed by atoms with E-state index in [-0.39, 0.29) is 12.5 Å². The lowest BCUT2D eigenvalue weighted by Crippen LogP contribution is -2.51. The highest BCUT2D eigenvalue weighted by molar-refractivity contribution is 7.98. The fourth-order valence-electron chi connectivity index (χ4n) is 3.13. The van der Waals surface area contributed by atoms with E-state index in [1.165, 1.54) is 0 Å². The lowest BCUT2D eigenvalue weighted by atomic mass is 10.2. The molecule has 2 atom stereocenters. The monoisotopic (exact) mass is 426 g/mol. The van der Waals surface area contributed by atoms with Gasteiger partial charge in [-0.25, -0.2) is 4.98 Å². The largest absolute Gasteiger partial charge is 0.485 e. The van der Waals surface area contributed by atoms with Crippen LogP contribution in [0.5, 0.6) is 11.5 Å². The summed E-state index contributed by atoms with van der Waals surface area (Å²) in [6, 6.07) is 13.9. The Kier molecular flexibility index (Phi) is 6.08. The number of imidazole rings is 1. The van der Waals surface area contributed by atoms with Crippen LogP contribution >= 0.6 is 11.8 Å². The molecule has 2 aromatic carbocycles. The Labute approximate surface area is 177 Å². The van der Waals surface area contributed by atoms with Crippen LogP contribution in [0.1, 0.15) is 6.42 Å². The van der Waals surface area contributed by atoms with Crippen LogP contribution in [0.2, 0.25) is 0 Å². The molecular weight excluding hydrogens is 404 g/mol. The summed E-state index contributed by atoms with van der Waals surface area (Å²) in [5.41, 5.74) is 1.58. The highest BCUT2D eigenvalue weighted by Gasteiger charge is 2.30. The van der Waals surface area contributed by atoms with Crippen molar-refractivity contribution in [3.8, 4) is 11.5 Å². The van der Waals surface area contributed by atoms with Crippen molar-refractivity contribution in [3.63, 3.8) is 0 Å². The number of hydrogen-bond donors (Lipinski definition) is 3. The molecule has 156 valence electrons. The van der Waals surface area contributed by atoms with Crippen molar-refractivity contribution in [2.75, 3.05) is 23.9 Å². The molecule has 2 amide bonds. The summed E-state index contributed by atoms with van der Waals surface area (Å²) in [4.78, 5) is 33.0. The fraction of sp³-hybridized carbons (Fsp3) is 0.286. The van der Waals surface area contributed by atoms with Crippen molar-refractivity contribution in [3.05, 3.63) is 48.5 Å². The molecule has 0 saturated carbocycles. The number of nitrogens with zero attached hydrogens (tertiary/aromatic N) is 1. The fourth-order valence-corrected chi connectivity index (χ4v) is 3.61. The van der Waals surface area contributed by atoms with Gasteiger partial charge in [-0.15, -0.1) is 0 Å². The van der Waals surface area contributed by atoms with E-state index < -0.39 is 18.1 Å². The van der Waals surface area contributed by atoms with E-state index in [4.69, 9.17) is 9.47 Å². The summed E-state index contributed by atoms with van der Waals surface area (Å²) >= 11 is 1.60. The SMILES string of the molecule is CSCC[C@H](NC(=O)[C@H]1COc2ccccc2O1)C(=O)Nc1nc2ccccc2[nH]1. The zero-order valence-corrected chi connectivity index (χ0v) is 17.2. The number of hydrogen-bond acceptors (Lipinski definition) is 6. The molecule has 4 rings (SSSR count). The first-order valence-corrected chi connectivity index (χ1v) is 11.0. The number of aromatic nitrogens is 2. The van der Waals surface area contributed by atoms with Gasteiger partial charge in [0.25, 0.3) is 5.91 Å². The van der Waals surface area contributed by atoms with Crippen LogP contribution in [-0.2, 0) is 9.59 Å². The number of anilines is 1. The predicted molar refractivity (Wildman–Crippen MR) is 116 cm³/mol. The molecule has 0 radical (unpaired) electrons. The first-order valence-electron chi connectivity index (χ1n) is 9.57. The van der Waals surface area contributed by atoms with Crippen molar-refractivity contribution in [2.24, 2.45) is 0 Å². The number of aromatic amines is 1. The Morgan fingerprint density at radius 1 is 1.20 bits per heavy atom. The Morgan fingerprint density at radius 3 is 2.77 bits per heavy atom. The molecule has 0 fully saturated rings. The zero-order chi connectivity index (χ0) is 20.9. The van der Waals surface area contributed by atoms with E-state index in [0.717, 1.165) is 11.0 Å². The van der Waals surface area contributed by atoms with Gasteiger partial charge < -0.3 is 19.8 Å². The summed E-state index contributed by atoms with van der Waals surface area (Å²) in [6.07, 6.45) is 1.60. The van der Waals surface area contributed by atoms with Gasteiger partial charge in [-0.1, -0.05) is 24.3 Å². The van der Waals surface area contributed by atoms with Crippen LogP contribution in [0.3, 0.4) is 0 Å². The second-order valence-electron chi connectivity index (χ2n) is 6.80. The van der Waals surface area contributed by atoms with Crippen LogP contribution in [-0.4, -0.2) is 52.5 Å². The van der Waals surface area contributed by atoms with Crippen molar-refractivity contribution in [1.29, 1.82) is 0 Å². The highest BCUT2D eigenvalue weighted by atomic mass is 32.2. The number of nitrogens with one attached hydrogen (secondary N) is 3. The van der Waals surface area contributed by atoms with Gasteiger partial charge in [-0.05, 0) is 42.7 Å². The number of fused-ring (bicyclic) bond motifs is 2. The molecule has 30 heavy (non-hydrogen) atoms. The third kappa shape index (κ3) is 4.51. The molecule has 0 spiro atoms. The van der Waals surface area contributed by atoms with Gasteiger partial charge in [0.1, 0.15) is 12.6 Å². The summed E-state index contributed by atoms with van der Waals surface area (Å²) in [5, 5.41) is 5.56. The van der Waals surface area contributed by atoms with Gasteiger partial charge in [-0.2, -0.15) is 11.8 Å². The Balaban J connectivity index is 1.42.